The molecule has 0 aromatic heterocycles. The third kappa shape index (κ3) is 5.58. The Morgan fingerprint density at radius 3 is 2.68 bits per heavy atom. The number of carbonyl (C=O) groups is 2. The summed E-state index contributed by atoms with van der Waals surface area (Å²) in [6, 6.07) is 6.41. The van der Waals surface area contributed by atoms with Gasteiger partial charge in [0.1, 0.15) is 5.75 Å². The molecule has 2 amide bonds. The van der Waals surface area contributed by atoms with Crippen LogP contribution in [0.15, 0.2) is 36.4 Å². The molecule has 0 aliphatic heterocycles. The lowest BCUT2D eigenvalue weighted by molar-refractivity contribution is 0.187. The van der Waals surface area contributed by atoms with Gasteiger partial charge in [-0.05, 0) is 19.1 Å². The Balaban J connectivity index is 2.59. The van der Waals surface area contributed by atoms with Gasteiger partial charge in [-0.3, -0.25) is 5.32 Å². The first-order valence-electron chi connectivity index (χ1n) is 5.56. The van der Waals surface area contributed by atoms with Gasteiger partial charge in [-0.25, -0.2) is 9.59 Å². The Hall–Kier alpha value is -2.50. The van der Waals surface area contributed by atoms with E-state index >= 15 is 0 Å². The Labute approximate surface area is 111 Å². The number of methoxy groups -OCH3 is 1. The van der Waals surface area contributed by atoms with Gasteiger partial charge in [-0.15, -0.1) is 0 Å². The van der Waals surface area contributed by atoms with Crippen molar-refractivity contribution in [2.75, 3.05) is 19.0 Å². The van der Waals surface area contributed by atoms with Crippen LogP contribution in [0.25, 0.3) is 0 Å². The highest BCUT2D eigenvalue weighted by atomic mass is 16.6. The molecule has 6 heteroatoms. The summed E-state index contributed by atoms with van der Waals surface area (Å²) in [5, 5.41) is 5.00. The minimum Gasteiger partial charge on any atom is -0.453 e. The molecule has 0 spiro atoms. The van der Waals surface area contributed by atoms with E-state index < -0.39 is 12.2 Å². The Bertz CT molecular complexity index is 485. The van der Waals surface area contributed by atoms with Crippen LogP contribution in [0.4, 0.5) is 15.3 Å². The van der Waals surface area contributed by atoms with Crippen molar-refractivity contribution < 1.29 is 19.1 Å². The maximum Gasteiger partial charge on any atom is 0.412 e. The van der Waals surface area contributed by atoms with Crippen molar-refractivity contribution in [3.63, 3.8) is 0 Å². The fraction of sp³-hybridized carbons (Fsp3) is 0.231. The second-order valence-corrected chi connectivity index (χ2v) is 3.84. The van der Waals surface area contributed by atoms with E-state index in [-0.39, 0.29) is 0 Å². The summed E-state index contributed by atoms with van der Waals surface area (Å²) < 4.78 is 9.50. The first-order valence-corrected chi connectivity index (χ1v) is 5.56. The van der Waals surface area contributed by atoms with E-state index in [1.54, 1.807) is 25.1 Å². The molecule has 19 heavy (non-hydrogen) atoms. The summed E-state index contributed by atoms with van der Waals surface area (Å²) in [6.45, 7) is 5.80. The summed E-state index contributed by atoms with van der Waals surface area (Å²) in [6.07, 6.45) is -1.18. The van der Waals surface area contributed by atoms with Crippen LogP contribution in [0.5, 0.6) is 5.75 Å². The number of nitrogens with one attached hydrogen (secondary N) is 2. The fourth-order valence-corrected chi connectivity index (χ4v) is 1.17. The second kappa shape index (κ2) is 7.05. The molecule has 1 aromatic carbocycles. The molecule has 6 nitrogen and oxygen atoms in total. The van der Waals surface area contributed by atoms with Crippen molar-refractivity contribution in [3.05, 3.63) is 36.4 Å². The van der Waals surface area contributed by atoms with Crippen molar-refractivity contribution in [2.24, 2.45) is 0 Å². The third-order valence-electron chi connectivity index (χ3n) is 2.01. The number of ether oxygens (including phenoxy) is 2. The lowest BCUT2D eigenvalue weighted by Crippen LogP contribution is -2.28. The molecule has 0 atom stereocenters. The van der Waals surface area contributed by atoms with E-state index in [0.717, 1.165) is 5.57 Å². The van der Waals surface area contributed by atoms with Gasteiger partial charge in [0, 0.05) is 18.3 Å². The van der Waals surface area contributed by atoms with Gasteiger partial charge in [0.15, 0.2) is 0 Å². The van der Waals surface area contributed by atoms with Crippen molar-refractivity contribution >= 4 is 17.9 Å². The molecule has 0 fully saturated rings. The molecule has 0 radical (unpaired) electrons. The summed E-state index contributed by atoms with van der Waals surface area (Å²) in [5.41, 5.74) is 1.29. The van der Waals surface area contributed by atoms with Gasteiger partial charge in [-0.1, -0.05) is 18.2 Å². The van der Waals surface area contributed by atoms with Crippen LogP contribution in [-0.2, 0) is 4.74 Å². The second-order valence-electron chi connectivity index (χ2n) is 3.84. The molecule has 0 aliphatic rings. The monoisotopic (exact) mass is 264 g/mol. The zero-order chi connectivity index (χ0) is 14.3. The van der Waals surface area contributed by atoms with Crippen LogP contribution in [0.2, 0.25) is 0 Å². The van der Waals surface area contributed by atoms with Crippen LogP contribution >= 0.6 is 0 Å². The molecule has 0 unspecified atom stereocenters. The van der Waals surface area contributed by atoms with E-state index in [4.69, 9.17) is 4.74 Å². The van der Waals surface area contributed by atoms with E-state index in [0.29, 0.717) is 18.0 Å². The summed E-state index contributed by atoms with van der Waals surface area (Å²) in [5.74, 6) is 0.313. The van der Waals surface area contributed by atoms with Gasteiger partial charge >= 0.3 is 12.2 Å². The van der Waals surface area contributed by atoms with Crippen LogP contribution in [0, 0.1) is 0 Å². The fourth-order valence-electron chi connectivity index (χ4n) is 1.17. The van der Waals surface area contributed by atoms with Gasteiger partial charge in [0.2, 0.25) is 0 Å². The number of hydrogen-bond donors (Lipinski definition) is 2. The third-order valence-corrected chi connectivity index (χ3v) is 2.01. The molecule has 2 N–H and O–H groups in total. The topological polar surface area (TPSA) is 76.7 Å². The Morgan fingerprint density at radius 2 is 2.05 bits per heavy atom. The quantitative estimate of drug-likeness (QED) is 0.819. The van der Waals surface area contributed by atoms with Gasteiger partial charge in [0.05, 0.1) is 7.11 Å². The predicted octanol–water partition coefficient (Wildman–Crippen LogP) is 2.53. The van der Waals surface area contributed by atoms with Crippen molar-refractivity contribution in [2.45, 2.75) is 6.92 Å². The lowest BCUT2D eigenvalue weighted by atomic mass is 10.3. The first-order chi connectivity index (χ1) is 9.01. The number of hydrogen-bond acceptors (Lipinski definition) is 4. The molecule has 0 saturated carbocycles. The van der Waals surface area contributed by atoms with Crippen LogP contribution in [0.1, 0.15) is 6.92 Å². The standard InChI is InChI=1S/C13H16N2O4/c1-9(2)8-14-12(16)19-11-6-4-5-10(7-11)15-13(17)18-3/h4-7H,1,8H2,2-3H3,(H,14,16)(H,15,17). The molecule has 0 saturated heterocycles. The van der Waals surface area contributed by atoms with E-state index in [9.17, 15) is 9.59 Å². The number of anilines is 1. The molecule has 102 valence electrons. The lowest BCUT2D eigenvalue weighted by Gasteiger charge is -2.08. The summed E-state index contributed by atoms with van der Waals surface area (Å²) in [7, 11) is 1.26. The highest BCUT2D eigenvalue weighted by molar-refractivity contribution is 5.84. The van der Waals surface area contributed by atoms with E-state index in [2.05, 4.69) is 21.9 Å². The SMILES string of the molecule is C=C(C)CNC(=O)Oc1cccc(NC(=O)OC)c1. The average Bonchev–Trinajstić information content (AvgIpc) is 2.36. The number of benzene rings is 1. The summed E-state index contributed by atoms with van der Waals surface area (Å²) in [4.78, 5) is 22.4. The van der Waals surface area contributed by atoms with Crippen molar-refractivity contribution in [3.8, 4) is 5.75 Å². The molecule has 0 heterocycles. The van der Waals surface area contributed by atoms with E-state index in [1.807, 2.05) is 0 Å². The smallest absolute Gasteiger partial charge is 0.412 e. The molecule has 1 rings (SSSR count). The zero-order valence-corrected chi connectivity index (χ0v) is 10.9. The van der Waals surface area contributed by atoms with Crippen molar-refractivity contribution in [1.29, 1.82) is 0 Å². The number of amides is 2. The van der Waals surface area contributed by atoms with Crippen LogP contribution < -0.4 is 15.4 Å². The Kier molecular flexibility index (Phi) is 5.40. The minimum absolute atomic E-state index is 0.313. The zero-order valence-electron chi connectivity index (χ0n) is 10.9. The van der Waals surface area contributed by atoms with Crippen molar-refractivity contribution in [1.82, 2.24) is 5.32 Å². The predicted molar refractivity (Wildman–Crippen MR) is 71.3 cm³/mol. The normalized spacial score (nSPS) is 9.37. The van der Waals surface area contributed by atoms with Gasteiger partial charge in [0.25, 0.3) is 0 Å². The van der Waals surface area contributed by atoms with Crippen LogP contribution in [0.3, 0.4) is 0 Å². The Morgan fingerprint density at radius 1 is 1.32 bits per heavy atom. The molecular formula is C13H16N2O4. The average molecular weight is 264 g/mol. The highest BCUT2D eigenvalue weighted by Crippen LogP contribution is 2.17. The molecule has 0 bridgehead atoms. The molecule has 1 aromatic rings. The van der Waals surface area contributed by atoms with E-state index in [1.165, 1.54) is 13.2 Å². The maximum absolute atomic E-state index is 11.4. The molecular weight excluding hydrogens is 248 g/mol. The summed E-state index contributed by atoms with van der Waals surface area (Å²) >= 11 is 0. The van der Waals surface area contributed by atoms with Gasteiger partial charge in [-0.2, -0.15) is 0 Å². The minimum atomic E-state index is -0.594. The largest absolute Gasteiger partial charge is 0.453 e. The first kappa shape index (κ1) is 14.6. The number of rotatable bonds is 4. The van der Waals surface area contributed by atoms with Gasteiger partial charge < -0.3 is 14.8 Å². The number of carbonyl (C=O) groups excluding carboxylic acids is 2. The highest BCUT2D eigenvalue weighted by Gasteiger charge is 2.06. The van der Waals surface area contributed by atoms with Crippen LogP contribution in [-0.4, -0.2) is 25.8 Å². The molecule has 0 aliphatic carbocycles. The maximum atomic E-state index is 11.4.